The Kier molecular flexibility index (Phi) is 2.51. The molecule has 3 heteroatoms. The topological polar surface area (TPSA) is 20.3 Å². The van der Waals surface area contributed by atoms with Crippen LogP contribution in [0.5, 0.6) is 0 Å². The number of anilines is 1. The van der Waals surface area contributed by atoms with Crippen LogP contribution < -0.4 is 4.90 Å². The highest BCUT2D eigenvalue weighted by Gasteiger charge is 2.46. The lowest BCUT2D eigenvalue weighted by atomic mass is 9.80. The summed E-state index contributed by atoms with van der Waals surface area (Å²) in [6, 6.07) is 4.13. The van der Waals surface area contributed by atoms with E-state index in [9.17, 15) is 4.79 Å². The van der Waals surface area contributed by atoms with Gasteiger partial charge < -0.3 is 0 Å². The normalized spacial score (nSPS) is 24.2. The number of nitrogens with zero attached hydrogens (tertiary/aromatic N) is 1. The lowest BCUT2D eigenvalue weighted by molar-refractivity contribution is -0.117. The van der Waals surface area contributed by atoms with E-state index < -0.39 is 0 Å². The zero-order valence-corrected chi connectivity index (χ0v) is 10.3. The van der Waals surface area contributed by atoms with Crippen molar-refractivity contribution in [3.05, 3.63) is 17.5 Å². The molecular formula is C13H17NOS. The Morgan fingerprint density at radius 2 is 2.00 bits per heavy atom. The Labute approximate surface area is 100 Å². The molecule has 1 saturated heterocycles. The fourth-order valence-corrected chi connectivity index (χ4v) is 4.12. The van der Waals surface area contributed by atoms with Crippen molar-refractivity contribution in [1.29, 1.82) is 0 Å². The van der Waals surface area contributed by atoms with E-state index in [1.54, 1.807) is 11.3 Å². The SMILES string of the molecule is O=C1CCC2(CCCCC2)N1c1cccs1. The predicted molar refractivity (Wildman–Crippen MR) is 66.9 cm³/mol. The molecule has 1 aromatic rings. The van der Waals surface area contributed by atoms with E-state index in [2.05, 4.69) is 16.3 Å². The van der Waals surface area contributed by atoms with Crippen molar-refractivity contribution in [2.45, 2.75) is 50.5 Å². The van der Waals surface area contributed by atoms with Crippen molar-refractivity contribution in [2.75, 3.05) is 4.90 Å². The number of carbonyl (C=O) groups excluding carboxylic acids is 1. The predicted octanol–water partition coefficient (Wildman–Crippen LogP) is 3.58. The molecule has 3 rings (SSSR count). The summed E-state index contributed by atoms with van der Waals surface area (Å²) in [5.74, 6) is 0.337. The molecule has 86 valence electrons. The fraction of sp³-hybridized carbons (Fsp3) is 0.615. The van der Waals surface area contributed by atoms with Gasteiger partial charge in [0.05, 0.1) is 5.00 Å². The van der Waals surface area contributed by atoms with E-state index in [4.69, 9.17) is 0 Å². The Balaban J connectivity index is 1.96. The van der Waals surface area contributed by atoms with Crippen molar-refractivity contribution in [2.24, 2.45) is 0 Å². The molecule has 2 fully saturated rings. The molecule has 1 aliphatic heterocycles. The van der Waals surface area contributed by atoms with Gasteiger partial charge in [0.1, 0.15) is 0 Å². The Morgan fingerprint density at radius 3 is 2.69 bits per heavy atom. The van der Waals surface area contributed by atoms with Gasteiger partial charge in [0.15, 0.2) is 0 Å². The highest BCUT2D eigenvalue weighted by atomic mass is 32.1. The quantitative estimate of drug-likeness (QED) is 0.728. The van der Waals surface area contributed by atoms with Gasteiger partial charge in [-0.15, -0.1) is 11.3 Å². The second-order valence-corrected chi connectivity index (χ2v) is 5.89. The second-order valence-electron chi connectivity index (χ2n) is 4.97. The molecule has 1 aliphatic carbocycles. The minimum absolute atomic E-state index is 0.181. The third-order valence-electron chi connectivity index (χ3n) is 4.04. The fourth-order valence-electron chi connectivity index (χ4n) is 3.27. The van der Waals surface area contributed by atoms with Gasteiger partial charge in [0.2, 0.25) is 5.91 Å². The number of rotatable bonds is 1. The molecule has 0 bridgehead atoms. The monoisotopic (exact) mass is 235 g/mol. The molecule has 0 atom stereocenters. The van der Waals surface area contributed by atoms with Crippen molar-refractivity contribution in [3.8, 4) is 0 Å². The minimum Gasteiger partial charge on any atom is -0.298 e. The van der Waals surface area contributed by atoms with Crippen molar-refractivity contribution in [3.63, 3.8) is 0 Å². The highest BCUT2D eigenvalue weighted by molar-refractivity contribution is 7.14. The lowest BCUT2D eigenvalue weighted by Crippen LogP contribution is -2.47. The first-order valence-electron chi connectivity index (χ1n) is 6.18. The van der Waals surface area contributed by atoms with E-state index in [-0.39, 0.29) is 5.54 Å². The summed E-state index contributed by atoms with van der Waals surface area (Å²) in [7, 11) is 0. The molecule has 0 unspecified atom stereocenters. The largest absolute Gasteiger partial charge is 0.298 e. The van der Waals surface area contributed by atoms with Gasteiger partial charge in [-0.05, 0) is 36.8 Å². The molecule has 2 aliphatic rings. The van der Waals surface area contributed by atoms with E-state index in [0.29, 0.717) is 5.91 Å². The minimum atomic E-state index is 0.181. The summed E-state index contributed by atoms with van der Waals surface area (Å²) < 4.78 is 0. The molecule has 2 heterocycles. The van der Waals surface area contributed by atoms with E-state index >= 15 is 0 Å². The number of thiophene rings is 1. The molecule has 1 aromatic heterocycles. The number of hydrogen-bond donors (Lipinski definition) is 0. The maximum Gasteiger partial charge on any atom is 0.228 e. The maximum atomic E-state index is 12.1. The molecule has 0 N–H and O–H groups in total. The summed E-state index contributed by atoms with van der Waals surface area (Å²) >= 11 is 1.70. The van der Waals surface area contributed by atoms with E-state index in [1.165, 1.54) is 32.1 Å². The number of carbonyl (C=O) groups is 1. The third-order valence-corrected chi connectivity index (χ3v) is 4.89. The van der Waals surface area contributed by atoms with Crippen LogP contribution in [-0.2, 0) is 4.79 Å². The van der Waals surface area contributed by atoms with E-state index in [0.717, 1.165) is 17.8 Å². The molecule has 1 saturated carbocycles. The van der Waals surface area contributed by atoms with Gasteiger partial charge in [-0.3, -0.25) is 9.69 Å². The van der Waals surface area contributed by atoms with Crippen LogP contribution in [0.25, 0.3) is 0 Å². The van der Waals surface area contributed by atoms with Gasteiger partial charge in [-0.1, -0.05) is 19.3 Å². The van der Waals surface area contributed by atoms with Crippen LogP contribution in [0.2, 0.25) is 0 Å². The first kappa shape index (κ1) is 10.3. The number of amides is 1. The molecule has 1 amide bonds. The second kappa shape index (κ2) is 3.88. The standard InChI is InChI=1S/C13H17NOS/c15-11-6-9-13(7-2-1-3-8-13)14(11)12-5-4-10-16-12/h4-5,10H,1-3,6-9H2. The van der Waals surface area contributed by atoms with Crippen LogP contribution in [0.4, 0.5) is 5.00 Å². The van der Waals surface area contributed by atoms with Gasteiger partial charge in [-0.25, -0.2) is 0 Å². The molecule has 1 spiro atoms. The zero-order chi connectivity index (χ0) is 11.0. The van der Waals surface area contributed by atoms with Crippen molar-refractivity contribution < 1.29 is 4.79 Å². The lowest BCUT2D eigenvalue weighted by Gasteiger charge is -2.40. The summed E-state index contributed by atoms with van der Waals surface area (Å²) in [6.45, 7) is 0. The van der Waals surface area contributed by atoms with Crippen LogP contribution in [0.15, 0.2) is 17.5 Å². The zero-order valence-electron chi connectivity index (χ0n) is 9.45. The summed E-state index contributed by atoms with van der Waals surface area (Å²) in [5.41, 5.74) is 0.181. The Bertz CT molecular complexity index is 379. The van der Waals surface area contributed by atoms with E-state index in [1.807, 2.05) is 6.07 Å². The Hall–Kier alpha value is -0.830. The van der Waals surface area contributed by atoms with Crippen molar-refractivity contribution in [1.82, 2.24) is 0 Å². The van der Waals surface area contributed by atoms with Gasteiger partial charge in [0.25, 0.3) is 0 Å². The Morgan fingerprint density at radius 1 is 1.19 bits per heavy atom. The van der Waals surface area contributed by atoms with Crippen LogP contribution in [0.3, 0.4) is 0 Å². The molecule has 16 heavy (non-hydrogen) atoms. The molecular weight excluding hydrogens is 218 g/mol. The molecule has 0 radical (unpaired) electrons. The van der Waals surface area contributed by atoms with Crippen molar-refractivity contribution >= 4 is 22.2 Å². The summed E-state index contributed by atoms with van der Waals surface area (Å²) in [4.78, 5) is 14.2. The summed E-state index contributed by atoms with van der Waals surface area (Å²) in [5, 5.41) is 3.22. The first-order chi connectivity index (χ1) is 7.82. The highest BCUT2D eigenvalue weighted by Crippen LogP contribution is 2.45. The molecule has 2 nitrogen and oxygen atoms in total. The average Bonchev–Trinajstić information content (AvgIpc) is 2.90. The van der Waals surface area contributed by atoms with Gasteiger partial charge in [0, 0.05) is 12.0 Å². The third kappa shape index (κ3) is 1.49. The van der Waals surface area contributed by atoms with Crippen LogP contribution in [0.1, 0.15) is 44.9 Å². The smallest absolute Gasteiger partial charge is 0.228 e. The summed E-state index contributed by atoms with van der Waals surface area (Å²) in [6.07, 6.45) is 8.15. The van der Waals surface area contributed by atoms with Crippen LogP contribution in [-0.4, -0.2) is 11.4 Å². The van der Waals surface area contributed by atoms with Gasteiger partial charge >= 0.3 is 0 Å². The average molecular weight is 235 g/mol. The molecule has 0 aromatic carbocycles. The maximum absolute atomic E-state index is 12.1. The van der Waals surface area contributed by atoms with Crippen LogP contribution >= 0.6 is 11.3 Å². The number of hydrogen-bond acceptors (Lipinski definition) is 2. The first-order valence-corrected chi connectivity index (χ1v) is 7.06. The van der Waals surface area contributed by atoms with Crippen LogP contribution in [0, 0.1) is 0 Å². The van der Waals surface area contributed by atoms with Gasteiger partial charge in [-0.2, -0.15) is 0 Å².